The molecule has 0 saturated carbocycles. The van der Waals surface area contributed by atoms with Crippen LogP contribution in [0.2, 0.25) is 0 Å². The van der Waals surface area contributed by atoms with Crippen molar-refractivity contribution in [1.82, 2.24) is 10.3 Å². The average molecular weight is 271 g/mol. The van der Waals surface area contributed by atoms with Gasteiger partial charge in [-0.3, -0.25) is 0 Å². The summed E-state index contributed by atoms with van der Waals surface area (Å²) in [5, 5.41) is 3.46. The average Bonchev–Trinajstić information content (AvgIpc) is 2.48. The molecule has 106 valence electrons. The van der Waals surface area contributed by atoms with Gasteiger partial charge < -0.3 is 15.8 Å². The maximum Gasteiger partial charge on any atom is 0.128 e. The summed E-state index contributed by atoms with van der Waals surface area (Å²) in [5.74, 6) is 1.48. The molecule has 4 heteroatoms. The van der Waals surface area contributed by atoms with E-state index in [2.05, 4.69) is 23.3 Å². The van der Waals surface area contributed by atoms with Crippen molar-refractivity contribution in [3.63, 3.8) is 0 Å². The standard InChI is InChI=1S/C16H21N3O/c1-3-18-14(13-8-6-10-19-16(13)17)11-12-7-4-5-9-15(12)20-2/h4-10,14,18H,3,11H2,1-2H3,(H2,17,19). The van der Waals surface area contributed by atoms with Gasteiger partial charge in [-0.25, -0.2) is 4.98 Å². The van der Waals surface area contributed by atoms with Crippen LogP contribution in [0.15, 0.2) is 42.6 Å². The maximum absolute atomic E-state index is 5.99. The minimum Gasteiger partial charge on any atom is -0.496 e. The number of rotatable bonds is 6. The van der Waals surface area contributed by atoms with Gasteiger partial charge in [0.1, 0.15) is 11.6 Å². The lowest BCUT2D eigenvalue weighted by Gasteiger charge is -2.20. The summed E-state index contributed by atoms with van der Waals surface area (Å²) in [6.45, 7) is 2.95. The number of nitrogens with one attached hydrogen (secondary N) is 1. The highest BCUT2D eigenvalue weighted by molar-refractivity contribution is 5.43. The number of benzene rings is 1. The van der Waals surface area contributed by atoms with Gasteiger partial charge in [0, 0.05) is 17.8 Å². The monoisotopic (exact) mass is 271 g/mol. The predicted molar refractivity (Wildman–Crippen MR) is 81.8 cm³/mol. The highest BCUT2D eigenvalue weighted by Crippen LogP contribution is 2.26. The number of hydrogen-bond acceptors (Lipinski definition) is 4. The number of para-hydroxylation sites is 1. The van der Waals surface area contributed by atoms with Gasteiger partial charge in [-0.05, 0) is 30.7 Å². The van der Waals surface area contributed by atoms with Gasteiger partial charge in [0.2, 0.25) is 0 Å². The molecule has 0 aliphatic carbocycles. The van der Waals surface area contributed by atoms with Crippen LogP contribution in [0.4, 0.5) is 5.82 Å². The zero-order valence-corrected chi connectivity index (χ0v) is 12.0. The van der Waals surface area contributed by atoms with Crippen molar-refractivity contribution in [2.24, 2.45) is 0 Å². The molecule has 4 nitrogen and oxygen atoms in total. The van der Waals surface area contributed by atoms with Crippen molar-refractivity contribution < 1.29 is 4.74 Å². The molecule has 0 amide bonds. The van der Waals surface area contributed by atoms with Gasteiger partial charge >= 0.3 is 0 Å². The molecule has 1 aromatic carbocycles. The van der Waals surface area contributed by atoms with Gasteiger partial charge in [0.25, 0.3) is 0 Å². The first kappa shape index (κ1) is 14.3. The van der Waals surface area contributed by atoms with Crippen molar-refractivity contribution >= 4 is 5.82 Å². The molecule has 0 aliphatic rings. The summed E-state index contributed by atoms with van der Waals surface area (Å²) >= 11 is 0. The van der Waals surface area contributed by atoms with E-state index in [-0.39, 0.29) is 6.04 Å². The van der Waals surface area contributed by atoms with E-state index in [4.69, 9.17) is 10.5 Å². The number of hydrogen-bond donors (Lipinski definition) is 2. The number of methoxy groups -OCH3 is 1. The third-order valence-corrected chi connectivity index (χ3v) is 3.31. The van der Waals surface area contributed by atoms with E-state index in [0.29, 0.717) is 5.82 Å². The van der Waals surface area contributed by atoms with Crippen molar-refractivity contribution in [1.29, 1.82) is 0 Å². The molecule has 2 rings (SSSR count). The Bertz CT molecular complexity index is 557. The predicted octanol–water partition coefficient (Wildman–Crippen LogP) is 2.57. The van der Waals surface area contributed by atoms with Crippen LogP contribution in [0.1, 0.15) is 24.1 Å². The molecular weight excluding hydrogens is 250 g/mol. The molecule has 0 radical (unpaired) electrons. The highest BCUT2D eigenvalue weighted by atomic mass is 16.5. The van der Waals surface area contributed by atoms with Crippen molar-refractivity contribution in [2.75, 3.05) is 19.4 Å². The van der Waals surface area contributed by atoms with Crippen LogP contribution in [0.3, 0.4) is 0 Å². The van der Waals surface area contributed by atoms with E-state index >= 15 is 0 Å². The Labute approximate surface area is 120 Å². The molecule has 1 aromatic heterocycles. The summed E-state index contributed by atoms with van der Waals surface area (Å²) in [6.07, 6.45) is 2.53. The fourth-order valence-corrected chi connectivity index (χ4v) is 2.35. The fourth-order valence-electron chi connectivity index (χ4n) is 2.35. The quantitative estimate of drug-likeness (QED) is 0.847. The zero-order chi connectivity index (χ0) is 14.4. The molecule has 0 spiro atoms. The van der Waals surface area contributed by atoms with E-state index in [1.54, 1.807) is 13.3 Å². The molecule has 0 bridgehead atoms. The Balaban J connectivity index is 2.28. The lowest BCUT2D eigenvalue weighted by Crippen LogP contribution is -2.24. The molecule has 0 fully saturated rings. The minimum absolute atomic E-state index is 0.130. The summed E-state index contributed by atoms with van der Waals surface area (Å²) in [5.41, 5.74) is 8.18. The van der Waals surface area contributed by atoms with Crippen LogP contribution in [-0.2, 0) is 6.42 Å². The van der Waals surface area contributed by atoms with Crippen LogP contribution in [0, 0.1) is 0 Å². The van der Waals surface area contributed by atoms with Crippen LogP contribution in [-0.4, -0.2) is 18.6 Å². The van der Waals surface area contributed by atoms with Gasteiger partial charge in [0.05, 0.1) is 7.11 Å². The third kappa shape index (κ3) is 3.27. The van der Waals surface area contributed by atoms with Gasteiger partial charge in [-0.15, -0.1) is 0 Å². The lowest BCUT2D eigenvalue weighted by atomic mass is 9.98. The lowest BCUT2D eigenvalue weighted by molar-refractivity contribution is 0.405. The molecule has 2 aromatic rings. The SMILES string of the molecule is CCNC(Cc1ccccc1OC)c1cccnc1N. The fraction of sp³-hybridized carbons (Fsp3) is 0.312. The largest absolute Gasteiger partial charge is 0.496 e. The Kier molecular flexibility index (Phi) is 4.96. The number of nitrogens with zero attached hydrogens (tertiary/aromatic N) is 1. The van der Waals surface area contributed by atoms with Crippen molar-refractivity contribution in [2.45, 2.75) is 19.4 Å². The van der Waals surface area contributed by atoms with E-state index < -0.39 is 0 Å². The summed E-state index contributed by atoms with van der Waals surface area (Å²) in [7, 11) is 1.69. The second-order valence-corrected chi connectivity index (χ2v) is 4.60. The summed E-state index contributed by atoms with van der Waals surface area (Å²) in [4.78, 5) is 4.17. The Hall–Kier alpha value is -2.07. The number of nitrogen functional groups attached to an aromatic ring is 1. The molecule has 0 saturated heterocycles. The second kappa shape index (κ2) is 6.91. The van der Waals surface area contributed by atoms with Gasteiger partial charge in [-0.1, -0.05) is 31.2 Å². The molecule has 0 aliphatic heterocycles. The molecule has 1 atom stereocenters. The molecule has 1 heterocycles. The molecule has 1 unspecified atom stereocenters. The number of anilines is 1. The zero-order valence-electron chi connectivity index (χ0n) is 12.0. The second-order valence-electron chi connectivity index (χ2n) is 4.60. The Morgan fingerprint density at radius 3 is 2.75 bits per heavy atom. The Morgan fingerprint density at radius 2 is 2.05 bits per heavy atom. The third-order valence-electron chi connectivity index (χ3n) is 3.31. The number of ether oxygens (including phenoxy) is 1. The molecular formula is C16H21N3O. The number of aromatic nitrogens is 1. The topological polar surface area (TPSA) is 60.2 Å². The minimum atomic E-state index is 0.130. The summed E-state index contributed by atoms with van der Waals surface area (Å²) in [6, 6.07) is 12.1. The van der Waals surface area contributed by atoms with Gasteiger partial charge in [0.15, 0.2) is 0 Å². The smallest absolute Gasteiger partial charge is 0.128 e. The number of pyridine rings is 1. The van der Waals surface area contributed by atoms with E-state index in [0.717, 1.165) is 29.8 Å². The molecule has 3 N–H and O–H groups in total. The normalized spacial score (nSPS) is 12.1. The number of nitrogens with two attached hydrogens (primary N) is 1. The van der Waals surface area contributed by atoms with Crippen LogP contribution < -0.4 is 15.8 Å². The number of likely N-dealkylation sites (N-methyl/N-ethyl adjacent to an activating group) is 1. The van der Waals surface area contributed by atoms with Crippen LogP contribution >= 0.6 is 0 Å². The first-order valence-corrected chi connectivity index (χ1v) is 6.82. The Morgan fingerprint density at radius 1 is 1.25 bits per heavy atom. The van der Waals surface area contributed by atoms with E-state index in [1.807, 2.05) is 30.3 Å². The highest BCUT2D eigenvalue weighted by Gasteiger charge is 2.16. The van der Waals surface area contributed by atoms with E-state index in [1.165, 1.54) is 0 Å². The van der Waals surface area contributed by atoms with Gasteiger partial charge in [-0.2, -0.15) is 0 Å². The van der Waals surface area contributed by atoms with Crippen LogP contribution in [0.25, 0.3) is 0 Å². The first-order chi connectivity index (χ1) is 9.76. The summed E-state index contributed by atoms with van der Waals surface area (Å²) < 4.78 is 5.42. The van der Waals surface area contributed by atoms with Crippen molar-refractivity contribution in [3.05, 3.63) is 53.7 Å². The van der Waals surface area contributed by atoms with Crippen LogP contribution in [0.5, 0.6) is 5.75 Å². The first-order valence-electron chi connectivity index (χ1n) is 6.82. The maximum atomic E-state index is 5.99. The van der Waals surface area contributed by atoms with Crippen molar-refractivity contribution in [3.8, 4) is 5.75 Å². The van der Waals surface area contributed by atoms with E-state index in [9.17, 15) is 0 Å². The molecule has 20 heavy (non-hydrogen) atoms.